The number of ether oxygens (including phenoxy) is 1. The number of hydrogen-bond donors (Lipinski definition) is 2. The Morgan fingerprint density at radius 1 is 1.33 bits per heavy atom. The summed E-state index contributed by atoms with van der Waals surface area (Å²) in [5, 5.41) is 0. The van der Waals surface area contributed by atoms with Crippen molar-refractivity contribution in [2.75, 3.05) is 7.11 Å². The molecular weight excluding hydrogens is 238 g/mol. The summed E-state index contributed by atoms with van der Waals surface area (Å²) < 4.78 is 31.7. The molecule has 100 valence electrons. The zero-order valence-electron chi connectivity index (χ0n) is 10.3. The summed E-state index contributed by atoms with van der Waals surface area (Å²) in [5.41, 5.74) is 3.27. The molecule has 2 rings (SSSR count). The lowest BCUT2D eigenvalue weighted by Gasteiger charge is -2.25. The molecular formula is C13H18F2N2O. The minimum atomic E-state index is -0.568. The Balaban J connectivity index is 2.08. The molecule has 1 aliphatic carbocycles. The van der Waals surface area contributed by atoms with Crippen LogP contribution >= 0.6 is 0 Å². The fourth-order valence-electron chi connectivity index (χ4n) is 2.36. The van der Waals surface area contributed by atoms with Crippen LogP contribution in [0.25, 0.3) is 0 Å². The van der Waals surface area contributed by atoms with Crippen LogP contribution in [0.15, 0.2) is 18.2 Å². The van der Waals surface area contributed by atoms with Gasteiger partial charge in [-0.05, 0) is 42.9 Å². The van der Waals surface area contributed by atoms with Gasteiger partial charge in [0.15, 0.2) is 0 Å². The lowest BCUT2D eigenvalue weighted by Crippen LogP contribution is -2.47. The third-order valence-corrected chi connectivity index (χ3v) is 3.35. The van der Waals surface area contributed by atoms with Gasteiger partial charge in [0.2, 0.25) is 0 Å². The largest absolute Gasteiger partial charge is 0.379 e. The van der Waals surface area contributed by atoms with Crippen molar-refractivity contribution < 1.29 is 13.5 Å². The van der Waals surface area contributed by atoms with E-state index in [0.29, 0.717) is 17.9 Å². The Hall–Kier alpha value is -1.04. The van der Waals surface area contributed by atoms with Gasteiger partial charge in [-0.3, -0.25) is 11.3 Å². The summed E-state index contributed by atoms with van der Waals surface area (Å²) in [6, 6.07) is 3.38. The Kier molecular flexibility index (Phi) is 4.27. The highest BCUT2D eigenvalue weighted by atomic mass is 19.1. The first-order chi connectivity index (χ1) is 8.63. The van der Waals surface area contributed by atoms with Crippen LogP contribution in [-0.4, -0.2) is 19.3 Å². The molecule has 2 unspecified atom stereocenters. The van der Waals surface area contributed by atoms with E-state index in [1.54, 1.807) is 7.11 Å². The molecule has 1 aromatic carbocycles. The molecule has 1 aliphatic rings. The van der Waals surface area contributed by atoms with E-state index in [-0.39, 0.29) is 12.1 Å². The van der Waals surface area contributed by atoms with E-state index >= 15 is 0 Å². The lowest BCUT2D eigenvalue weighted by atomic mass is 9.98. The maximum Gasteiger partial charge on any atom is 0.126 e. The van der Waals surface area contributed by atoms with Gasteiger partial charge in [-0.15, -0.1) is 0 Å². The molecule has 0 aliphatic heterocycles. The van der Waals surface area contributed by atoms with Crippen LogP contribution in [0.4, 0.5) is 8.78 Å². The molecule has 1 saturated carbocycles. The average molecular weight is 256 g/mol. The first-order valence-electron chi connectivity index (χ1n) is 6.08. The van der Waals surface area contributed by atoms with Crippen molar-refractivity contribution in [2.24, 2.45) is 11.8 Å². The second kappa shape index (κ2) is 5.73. The van der Waals surface area contributed by atoms with Crippen LogP contribution in [0.5, 0.6) is 0 Å². The van der Waals surface area contributed by atoms with Gasteiger partial charge < -0.3 is 4.74 Å². The molecule has 3 nitrogen and oxygen atoms in total. The molecule has 0 amide bonds. The van der Waals surface area contributed by atoms with E-state index in [0.717, 1.165) is 18.9 Å². The number of nitrogens with two attached hydrogens (primary N) is 1. The number of benzene rings is 1. The number of nitrogens with one attached hydrogen (secondary N) is 1. The summed E-state index contributed by atoms with van der Waals surface area (Å²) >= 11 is 0. The molecule has 0 bridgehead atoms. The van der Waals surface area contributed by atoms with Crippen molar-refractivity contribution in [2.45, 2.75) is 31.4 Å². The predicted molar refractivity (Wildman–Crippen MR) is 64.7 cm³/mol. The Morgan fingerprint density at radius 3 is 2.39 bits per heavy atom. The van der Waals surface area contributed by atoms with Crippen LogP contribution in [0.1, 0.15) is 18.4 Å². The Bertz CT molecular complexity index is 390. The van der Waals surface area contributed by atoms with Gasteiger partial charge in [0, 0.05) is 13.2 Å². The Labute approximate surface area is 105 Å². The zero-order valence-corrected chi connectivity index (χ0v) is 10.3. The molecule has 3 N–H and O–H groups in total. The highest BCUT2D eigenvalue weighted by Crippen LogP contribution is 2.36. The normalized spacial score (nSPS) is 18.7. The summed E-state index contributed by atoms with van der Waals surface area (Å²) in [6.07, 6.45) is 2.67. The van der Waals surface area contributed by atoms with E-state index in [1.807, 2.05) is 0 Å². The van der Waals surface area contributed by atoms with Crippen LogP contribution in [0.2, 0.25) is 0 Å². The van der Waals surface area contributed by atoms with Gasteiger partial charge in [-0.2, -0.15) is 0 Å². The van der Waals surface area contributed by atoms with Crippen LogP contribution in [0.3, 0.4) is 0 Å². The fraction of sp³-hybridized carbons (Fsp3) is 0.538. The standard InChI is InChI=1S/C13H18F2N2O/c1-18-13(9-2-3-9)12(17-16)6-8-4-10(14)7-11(15)5-8/h4-5,7,9,12-13,17H,2-3,6,16H2,1H3. The highest BCUT2D eigenvalue weighted by Gasteiger charge is 2.36. The van der Waals surface area contributed by atoms with Gasteiger partial charge >= 0.3 is 0 Å². The molecule has 0 aromatic heterocycles. The topological polar surface area (TPSA) is 47.3 Å². The second-order valence-corrected chi connectivity index (χ2v) is 4.79. The molecule has 1 aromatic rings. The third kappa shape index (κ3) is 3.25. The molecule has 2 atom stereocenters. The molecule has 0 spiro atoms. The molecule has 0 radical (unpaired) electrons. The predicted octanol–water partition coefficient (Wildman–Crippen LogP) is 1.76. The van der Waals surface area contributed by atoms with Crippen molar-refractivity contribution in [3.8, 4) is 0 Å². The number of rotatable bonds is 6. The highest BCUT2D eigenvalue weighted by molar-refractivity contribution is 5.19. The first kappa shape index (κ1) is 13.4. The van der Waals surface area contributed by atoms with E-state index in [4.69, 9.17) is 10.6 Å². The van der Waals surface area contributed by atoms with E-state index < -0.39 is 11.6 Å². The number of hydrogen-bond acceptors (Lipinski definition) is 3. The van der Waals surface area contributed by atoms with Crippen molar-refractivity contribution in [1.82, 2.24) is 5.43 Å². The zero-order chi connectivity index (χ0) is 13.1. The second-order valence-electron chi connectivity index (χ2n) is 4.79. The smallest absolute Gasteiger partial charge is 0.126 e. The summed E-state index contributed by atoms with van der Waals surface area (Å²) in [5.74, 6) is 4.88. The van der Waals surface area contributed by atoms with Crippen molar-refractivity contribution in [1.29, 1.82) is 0 Å². The molecule has 0 heterocycles. The van der Waals surface area contributed by atoms with Crippen molar-refractivity contribution >= 4 is 0 Å². The minimum Gasteiger partial charge on any atom is -0.379 e. The van der Waals surface area contributed by atoms with E-state index in [9.17, 15) is 8.78 Å². The van der Waals surface area contributed by atoms with Crippen LogP contribution in [-0.2, 0) is 11.2 Å². The summed E-state index contributed by atoms with van der Waals surface area (Å²) in [6.45, 7) is 0. The van der Waals surface area contributed by atoms with Crippen molar-refractivity contribution in [3.63, 3.8) is 0 Å². The number of methoxy groups -OCH3 is 1. The Morgan fingerprint density at radius 2 is 1.94 bits per heavy atom. The maximum absolute atomic E-state index is 13.1. The third-order valence-electron chi connectivity index (χ3n) is 3.35. The fourth-order valence-corrected chi connectivity index (χ4v) is 2.36. The molecule has 1 fully saturated rings. The number of halogens is 2. The van der Waals surface area contributed by atoms with Gasteiger partial charge in [0.05, 0.1) is 12.1 Å². The molecule has 0 saturated heterocycles. The SMILES string of the molecule is COC(C1CC1)C(Cc1cc(F)cc(F)c1)NN. The van der Waals surface area contributed by atoms with E-state index in [2.05, 4.69) is 5.43 Å². The number of hydrazine groups is 1. The summed E-state index contributed by atoms with van der Waals surface area (Å²) in [4.78, 5) is 0. The average Bonchev–Trinajstić information content (AvgIpc) is 3.11. The van der Waals surface area contributed by atoms with Gasteiger partial charge in [0.1, 0.15) is 11.6 Å². The summed E-state index contributed by atoms with van der Waals surface area (Å²) in [7, 11) is 1.64. The minimum absolute atomic E-state index is 0.0127. The van der Waals surface area contributed by atoms with E-state index in [1.165, 1.54) is 12.1 Å². The van der Waals surface area contributed by atoms with Gasteiger partial charge in [-0.1, -0.05) is 0 Å². The van der Waals surface area contributed by atoms with Crippen molar-refractivity contribution in [3.05, 3.63) is 35.4 Å². The molecule has 18 heavy (non-hydrogen) atoms. The molecule has 5 heteroatoms. The quantitative estimate of drug-likeness (QED) is 0.602. The maximum atomic E-state index is 13.1. The van der Waals surface area contributed by atoms with Gasteiger partial charge in [-0.25, -0.2) is 8.78 Å². The first-order valence-corrected chi connectivity index (χ1v) is 6.08. The van der Waals surface area contributed by atoms with Gasteiger partial charge in [0.25, 0.3) is 0 Å². The van der Waals surface area contributed by atoms with Crippen LogP contribution in [0, 0.1) is 17.6 Å². The monoisotopic (exact) mass is 256 g/mol. The lowest BCUT2D eigenvalue weighted by molar-refractivity contribution is 0.0510. The van der Waals surface area contributed by atoms with Crippen LogP contribution < -0.4 is 11.3 Å².